The molecule has 2 heterocycles. The molecule has 2 aromatic heterocycles. The van der Waals surface area contributed by atoms with Gasteiger partial charge in [0.15, 0.2) is 5.13 Å². The van der Waals surface area contributed by atoms with Crippen LogP contribution in [0.15, 0.2) is 28.9 Å². The molecule has 1 aromatic carbocycles. The summed E-state index contributed by atoms with van der Waals surface area (Å²) >= 11 is 1.47. The van der Waals surface area contributed by atoms with Crippen molar-refractivity contribution in [3.63, 3.8) is 0 Å². The quantitative estimate of drug-likeness (QED) is 0.673. The SMILES string of the molecule is COc1ccc(C)c2sc(N(CCN(C)C)C(=O)c3ccno3)nc12. The molecule has 7 nitrogen and oxygen atoms in total. The number of anilines is 1. The Hall–Kier alpha value is -2.45. The summed E-state index contributed by atoms with van der Waals surface area (Å²) in [6, 6.07) is 5.44. The van der Waals surface area contributed by atoms with Crippen molar-refractivity contribution in [2.45, 2.75) is 6.92 Å². The molecule has 0 radical (unpaired) electrons. The molecule has 0 unspecified atom stereocenters. The third-order valence-corrected chi connectivity index (χ3v) is 5.02. The van der Waals surface area contributed by atoms with Crippen molar-refractivity contribution in [2.75, 3.05) is 39.2 Å². The first-order valence-corrected chi connectivity index (χ1v) is 8.64. The highest BCUT2D eigenvalue weighted by atomic mass is 32.1. The Morgan fingerprint density at radius 1 is 1.28 bits per heavy atom. The van der Waals surface area contributed by atoms with Gasteiger partial charge in [-0.25, -0.2) is 4.98 Å². The van der Waals surface area contributed by atoms with Gasteiger partial charge in [-0.15, -0.1) is 0 Å². The molecular weight excluding hydrogens is 340 g/mol. The Bertz CT molecular complexity index is 874. The lowest BCUT2D eigenvalue weighted by Crippen LogP contribution is -2.36. The first kappa shape index (κ1) is 17.4. The largest absolute Gasteiger partial charge is 0.494 e. The maximum atomic E-state index is 12.8. The number of aromatic nitrogens is 2. The zero-order valence-electron chi connectivity index (χ0n) is 14.6. The minimum Gasteiger partial charge on any atom is -0.494 e. The lowest BCUT2D eigenvalue weighted by molar-refractivity contribution is 0.0949. The van der Waals surface area contributed by atoms with Crippen LogP contribution in [0.4, 0.5) is 5.13 Å². The molecule has 0 aliphatic rings. The van der Waals surface area contributed by atoms with Crippen molar-refractivity contribution in [1.29, 1.82) is 0 Å². The fourth-order valence-corrected chi connectivity index (χ4v) is 3.50. The van der Waals surface area contributed by atoms with Crippen molar-refractivity contribution in [3.8, 4) is 5.75 Å². The second-order valence-corrected chi connectivity index (χ2v) is 6.87. The van der Waals surface area contributed by atoms with E-state index in [9.17, 15) is 4.79 Å². The standard InChI is InChI=1S/C17H20N4O3S/c1-11-5-6-12(23-4)14-15(11)25-17(19-14)21(10-9-20(2)3)16(22)13-7-8-18-24-13/h5-8H,9-10H2,1-4H3. The normalized spacial score (nSPS) is 11.2. The predicted molar refractivity (Wildman–Crippen MR) is 97.6 cm³/mol. The number of likely N-dealkylation sites (N-methyl/N-ethyl adjacent to an activating group) is 1. The number of aryl methyl sites for hydroxylation is 1. The van der Waals surface area contributed by atoms with Gasteiger partial charge < -0.3 is 14.2 Å². The number of benzene rings is 1. The molecule has 0 bridgehead atoms. The van der Waals surface area contributed by atoms with Crippen molar-refractivity contribution in [2.24, 2.45) is 0 Å². The third-order valence-electron chi connectivity index (χ3n) is 3.81. The third kappa shape index (κ3) is 3.49. The monoisotopic (exact) mass is 360 g/mol. The van der Waals surface area contributed by atoms with Crippen LogP contribution < -0.4 is 9.64 Å². The van der Waals surface area contributed by atoms with Gasteiger partial charge in [0.1, 0.15) is 11.3 Å². The maximum Gasteiger partial charge on any atom is 0.298 e. The summed E-state index contributed by atoms with van der Waals surface area (Å²) in [7, 11) is 5.54. The number of methoxy groups -OCH3 is 1. The number of amides is 1. The molecule has 8 heteroatoms. The van der Waals surface area contributed by atoms with Gasteiger partial charge in [0.25, 0.3) is 5.91 Å². The Kier molecular flexibility index (Phi) is 5.00. The molecule has 0 atom stereocenters. The highest BCUT2D eigenvalue weighted by molar-refractivity contribution is 7.22. The first-order chi connectivity index (χ1) is 12.0. The van der Waals surface area contributed by atoms with Crippen LogP contribution in [-0.4, -0.2) is 55.2 Å². The number of carbonyl (C=O) groups excluding carboxylic acids is 1. The zero-order valence-corrected chi connectivity index (χ0v) is 15.5. The molecule has 0 aliphatic heterocycles. The van der Waals surface area contributed by atoms with Crippen molar-refractivity contribution < 1.29 is 14.1 Å². The van der Waals surface area contributed by atoms with Crippen LogP contribution in [0.3, 0.4) is 0 Å². The van der Waals surface area contributed by atoms with Crippen molar-refractivity contribution in [3.05, 3.63) is 35.7 Å². The van der Waals surface area contributed by atoms with E-state index < -0.39 is 0 Å². The summed E-state index contributed by atoms with van der Waals surface area (Å²) in [6.07, 6.45) is 1.46. The van der Waals surface area contributed by atoms with Gasteiger partial charge in [-0.2, -0.15) is 0 Å². The van der Waals surface area contributed by atoms with Gasteiger partial charge in [0, 0.05) is 19.2 Å². The molecule has 0 saturated carbocycles. The van der Waals surface area contributed by atoms with E-state index in [4.69, 9.17) is 9.26 Å². The molecule has 3 rings (SSSR count). The van der Waals surface area contributed by atoms with E-state index in [1.54, 1.807) is 18.1 Å². The van der Waals surface area contributed by atoms with Gasteiger partial charge in [-0.3, -0.25) is 9.69 Å². The van der Waals surface area contributed by atoms with E-state index in [2.05, 4.69) is 10.1 Å². The average molecular weight is 360 g/mol. The van der Waals surface area contributed by atoms with Gasteiger partial charge in [-0.1, -0.05) is 22.6 Å². The van der Waals surface area contributed by atoms with Gasteiger partial charge in [-0.05, 0) is 32.6 Å². The summed E-state index contributed by atoms with van der Waals surface area (Å²) in [6.45, 7) is 3.21. The molecule has 25 heavy (non-hydrogen) atoms. The smallest absolute Gasteiger partial charge is 0.298 e. The Morgan fingerprint density at radius 3 is 2.72 bits per heavy atom. The van der Waals surface area contributed by atoms with E-state index in [0.717, 1.165) is 15.8 Å². The Morgan fingerprint density at radius 2 is 2.08 bits per heavy atom. The number of hydrogen-bond acceptors (Lipinski definition) is 7. The molecule has 132 valence electrons. The van der Waals surface area contributed by atoms with Gasteiger partial charge in [0.05, 0.1) is 18.0 Å². The number of hydrogen-bond donors (Lipinski definition) is 0. The van der Waals surface area contributed by atoms with E-state index >= 15 is 0 Å². The summed E-state index contributed by atoms with van der Waals surface area (Å²) < 4.78 is 11.5. The number of nitrogens with zero attached hydrogens (tertiary/aromatic N) is 4. The first-order valence-electron chi connectivity index (χ1n) is 7.82. The minimum absolute atomic E-state index is 0.196. The summed E-state index contributed by atoms with van der Waals surface area (Å²) in [4.78, 5) is 21.2. The fourth-order valence-electron chi connectivity index (χ4n) is 2.42. The van der Waals surface area contributed by atoms with Crippen LogP contribution in [0.25, 0.3) is 10.2 Å². The minimum atomic E-state index is -0.255. The van der Waals surface area contributed by atoms with Gasteiger partial charge in [0.2, 0.25) is 5.76 Å². The van der Waals surface area contributed by atoms with E-state index in [0.29, 0.717) is 24.0 Å². The van der Waals surface area contributed by atoms with Crippen molar-refractivity contribution >= 4 is 32.6 Å². The van der Waals surface area contributed by atoms with E-state index in [1.807, 2.05) is 38.1 Å². The summed E-state index contributed by atoms with van der Waals surface area (Å²) in [5.74, 6) is 0.638. The van der Waals surface area contributed by atoms with E-state index in [1.165, 1.54) is 17.5 Å². The van der Waals surface area contributed by atoms with E-state index in [-0.39, 0.29) is 11.7 Å². The van der Waals surface area contributed by atoms with Crippen LogP contribution in [0.5, 0.6) is 5.75 Å². The molecule has 0 N–H and O–H groups in total. The fraction of sp³-hybridized carbons (Fsp3) is 0.353. The topological polar surface area (TPSA) is 71.7 Å². The second-order valence-electron chi connectivity index (χ2n) is 5.90. The molecule has 0 aliphatic carbocycles. The van der Waals surface area contributed by atoms with Crippen LogP contribution >= 0.6 is 11.3 Å². The number of carbonyl (C=O) groups is 1. The molecule has 0 saturated heterocycles. The number of ether oxygens (including phenoxy) is 1. The molecule has 1 amide bonds. The molecule has 3 aromatic rings. The maximum absolute atomic E-state index is 12.8. The van der Waals surface area contributed by atoms with Crippen molar-refractivity contribution in [1.82, 2.24) is 15.0 Å². The highest BCUT2D eigenvalue weighted by Gasteiger charge is 2.25. The van der Waals surface area contributed by atoms with Crippen LogP contribution in [0.1, 0.15) is 16.1 Å². The average Bonchev–Trinajstić information content (AvgIpc) is 3.25. The number of fused-ring (bicyclic) bond motifs is 1. The molecule has 0 spiro atoms. The zero-order chi connectivity index (χ0) is 18.0. The Labute approximate surface area is 149 Å². The number of thiazole rings is 1. The molecular formula is C17H20N4O3S. The van der Waals surface area contributed by atoms with Crippen LogP contribution in [0, 0.1) is 6.92 Å². The van der Waals surface area contributed by atoms with Crippen LogP contribution in [0.2, 0.25) is 0 Å². The Balaban J connectivity index is 2.04. The summed E-state index contributed by atoms with van der Waals surface area (Å²) in [5.41, 5.74) is 1.86. The summed E-state index contributed by atoms with van der Waals surface area (Å²) in [5, 5.41) is 4.25. The number of rotatable bonds is 6. The lowest BCUT2D eigenvalue weighted by atomic mass is 10.2. The second kappa shape index (κ2) is 7.20. The molecule has 0 fully saturated rings. The van der Waals surface area contributed by atoms with Crippen LogP contribution in [-0.2, 0) is 0 Å². The lowest BCUT2D eigenvalue weighted by Gasteiger charge is -2.20. The predicted octanol–water partition coefficient (Wildman–Crippen LogP) is 2.81. The van der Waals surface area contributed by atoms with Gasteiger partial charge >= 0.3 is 0 Å². The highest BCUT2D eigenvalue weighted by Crippen LogP contribution is 2.36.